The topological polar surface area (TPSA) is 30.9 Å². The molecule has 3 aromatic rings. The molecule has 0 fully saturated rings. The van der Waals surface area contributed by atoms with E-state index in [0.717, 1.165) is 13.0 Å². The molecule has 3 rings (SSSR count). The largest absolute Gasteiger partial charge is 0.343 e. The summed E-state index contributed by atoms with van der Waals surface area (Å²) in [5, 5.41) is 1.29. The van der Waals surface area contributed by atoms with E-state index in [1.165, 1.54) is 27.6 Å². The van der Waals surface area contributed by atoms with Crippen LogP contribution in [0.4, 0.5) is 0 Å². The number of fused-ring (bicyclic) bond motifs is 1. The Morgan fingerprint density at radius 2 is 1.90 bits per heavy atom. The maximum absolute atomic E-state index is 5.88. The van der Waals surface area contributed by atoms with Crippen LogP contribution < -0.4 is 5.73 Å². The molecule has 108 valence electrons. The average Bonchev–Trinajstić information content (AvgIpc) is 2.81. The van der Waals surface area contributed by atoms with Crippen molar-refractivity contribution in [3.05, 3.63) is 71.4 Å². The maximum atomic E-state index is 5.88. The molecule has 1 unspecified atom stereocenters. The Morgan fingerprint density at radius 1 is 1.05 bits per heavy atom. The summed E-state index contributed by atoms with van der Waals surface area (Å²) in [6.45, 7) is 5.10. The van der Waals surface area contributed by atoms with Crippen LogP contribution >= 0.6 is 0 Å². The lowest BCUT2D eigenvalue weighted by atomic mass is 10.1. The molecule has 2 heteroatoms. The molecule has 1 aromatic heterocycles. The highest BCUT2D eigenvalue weighted by molar-refractivity contribution is 5.81. The maximum Gasteiger partial charge on any atom is 0.0483 e. The number of nitrogens with zero attached hydrogens (tertiary/aromatic N) is 1. The minimum atomic E-state index is 0.205. The average molecular weight is 278 g/mol. The first-order chi connectivity index (χ1) is 10.1. The van der Waals surface area contributed by atoms with Crippen LogP contribution in [-0.2, 0) is 13.0 Å². The van der Waals surface area contributed by atoms with Gasteiger partial charge in [-0.25, -0.2) is 0 Å². The van der Waals surface area contributed by atoms with Crippen LogP contribution in [0.25, 0.3) is 10.9 Å². The summed E-state index contributed by atoms with van der Waals surface area (Å²) in [6, 6.07) is 17.7. The van der Waals surface area contributed by atoms with Gasteiger partial charge in [0.15, 0.2) is 0 Å². The molecule has 0 amide bonds. The SMILES string of the molecule is Cc1cccc(Cn2ccc3cc(CC(C)N)ccc32)c1. The number of hydrogen-bond acceptors (Lipinski definition) is 1. The van der Waals surface area contributed by atoms with Crippen LogP contribution in [0.3, 0.4) is 0 Å². The molecule has 1 atom stereocenters. The molecule has 2 N–H and O–H groups in total. The summed E-state index contributed by atoms with van der Waals surface area (Å²) in [4.78, 5) is 0. The van der Waals surface area contributed by atoms with Crippen LogP contribution in [0, 0.1) is 6.92 Å². The normalized spacial score (nSPS) is 12.7. The summed E-state index contributed by atoms with van der Waals surface area (Å²) in [5.74, 6) is 0. The van der Waals surface area contributed by atoms with Crippen molar-refractivity contribution in [3.8, 4) is 0 Å². The fourth-order valence-electron chi connectivity index (χ4n) is 2.89. The fraction of sp³-hybridized carbons (Fsp3) is 0.263. The lowest BCUT2D eigenvalue weighted by Crippen LogP contribution is -2.17. The van der Waals surface area contributed by atoms with Crippen molar-refractivity contribution in [1.29, 1.82) is 0 Å². The van der Waals surface area contributed by atoms with Gasteiger partial charge in [0.05, 0.1) is 0 Å². The van der Waals surface area contributed by atoms with E-state index >= 15 is 0 Å². The van der Waals surface area contributed by atoms with Crippen LogP contribution in [0.2, 0.25) is 0 Å². The number of nitrogens with two attached hydrogens (primary N) is 1. The highest BCUT2D eigenvalue weighted by atomic mass is 14.9. The molecule has 0 aliphatic rings. The van der Waals surface area contributed by atoms with Crippen LogP contribution in [0.1, 0.15) is 23.6 Å². The number of benzene rings is 2. The quantitative estimate of drug-likeness (QED) is 0.771. The number of aryl methyl sites for hydroxylation is 1. The molecule has 0 spiro atoms. The molecule has 2 aromatic carbocycles. The summed E-state index contributed by atoms with van der Waals surface area (Å²) in [5.41, 5.74) is 11.1. The van der Waals surface area contributed by atoms with Crippen LogP contribution in [-0.4, -0.2) is 10.6 Å². The van der Waals surface area contributed by atoms with Gasteiger partial charge in [-0.05, 0) is 55.0 Å². The molecule has 0 saturated heterocycles. The van der Waals surface area contributed by atoms with Gasteiger partial charge in [0.2, 0.25) is 0 Å². The Balaban J connectivity index is 1.90. The first kappa shape index (κ1) is 13.9. The van der Waals surface area contributed by atoms with E-state index in [2.05, 4.69) is 66.2 Å². The van der Waals surface area contributed by atoms with Crippen molar-refractivity contribution in [2.24, 2.45) is 5.73 Å². The first-order valence-corrected chi connectivity index (χ1v) is 7.51. The lowest BCUT2D eigenvalue weighted by Gasteiger charge is -2.08. The third kappa shape index (κ3) is 3.17. The number of aromatic nitrogens is 1. The van der Waals surface area contributed by atoms with E-state index in [1.807, 2.05) is 6.92 Å². The van der Waals surface area contributed by atoms with Gasteiger partial charge >= 0.3 is 0 Å². The van der Waals surface area contributed by atoms with Crippen molar-refractivity contribution in [3.63, 3.8) is 0 Å². The molecule has 1 heterocycles. The molecule has 0 aliphatic heterocycles. The summed E-state index contributed by atoms with van der Waals surface area (Å²) in [6.07, 6.45) is 3.10. The fourth-order valence-corrected chi connectivity index (χ4v) is 2.89. The second-order valence-corrected chi connectivity index (χ2v) is 6.01. The van der Waals surface area contributed by atoms with E-state index in [9.17, 15) is 0 Å². The van der Waals surface area contributed by atoms with Gasteiger partial charge in [-0.15, -0.1) is 0 Å². The second kappa shape index (κ2) is 5.74. The van der Waals surface area contributed by atoms with Gasteiger partial charge in [0, 0.05) is 24.3 Å². The van der Waals surface area contributed by atoms with Gasteiger partial charge in [-0.1, -0.05) is 35.9 Å². The Kier molecular flexibility index (Phi) is 3.80. The third-order valence-corrected chi connectivity index (χ3v) is 3.83. The van der Waals surface area contributed by atoms with Crippen molar-refractivity contribution < 1.29 is 0 Å². The van der Waals surface area contributed by atoms with E-state index in [1.54, 1.807) is 0 Å². The zero-order valence-electron chi connectivity index (χ0n) is 12.7. The Morgan fingerprint density at radius 3 is 2.67 bits per heavy atom. The molecule has 0 saturated carbocycles. The van der Waals surface area contributed by atoms with Gasteiger partial charge < -0.3 is 10.3 Å². The zero-order chi connectivity index (χ0) is 14.8. The molecule has 0 bridgehead atoms. The molecular weight excluding hydrogens is 256 g/mol. The number of hydrogen-bond donors (Lipinski definition) is 1. The van der Waals surface area contributed by atoms with Crippen molar-refractivity contribution in [2.75, 3.05) is 0 Å². The summed E-state index contributed by atoms with van der Waals surface area (Å²) in [7, 11) is 0. The Hall–Kier alpha value is -2.06. The minimum Gasteiger partial charge on any atom is -0.343 e. The lowest BCUT2D eigenvalue weighted by molar-refractivity contribution is 0.738. The predicted molar refractivity (Wildman–Crippen MR) is 89.6 cm³/mol. The van der Waals surface area contributed by atoms with Gasteiger partial charge in [0.1, 0.15) is 0 Å². The van der Waals surface area contributed by atoms with Gasteiger partial charge in [-0.3, -0.25) is 0 Å². The van der Waals surface area contributed by atoms with Crippen LogP contribution in [0.5, 0.6) is 0 Å². The smallest absolute Gasteiger partial charge is 0.0483 e. The highest BCUT2D eigenvalue weighted by Crippen LogP contribution is 2.20. The van der Waals surface area contributed by atoms with E-state index in [4.69, 9.17) is 5.73 Å². The van der Waals surface area contributed by atoms with Crippen LogP contribution in [0.15, 0.2) is 54.7 Å². The third-order valence-electron chi connectivity index (χ3n) is 3.83. The molecule has 0 aliphatic carbocycles. The van der Waals surface area contributed by atoms with Gasteiger partial charge in [0.25, 0.3) is 0 Å². The van der Waals surface area contributed by atoms with Crippen molar-refractivity contribution in [2.45, 2.75) is 32.9 Å². The Bertz CT molecular complexity index is 753. The molecule has 2 nitrogen and oxygen atoms in total. The molecular formula is C19H22N2. The summed E-state index contributed by atoms with van der Waals surface area (Å²) < 4.78 is 2.31. The molecule has 0 radical (unpaired) electrons. The predicted octanol–water partition coefficient (Wildman–Crippen LogP) is 3.89. The van der Waals surface area contributed by atoms with E-state index in [-0.39, 0.29) is 6.04 Å². The van der Waals surface area contributed by atoms with Gasteiger partial charge in [-0.2, -0.15) is 0 Å². The van der Waals surface area contributed by atoms with Crippen molar-refractivity contribution >= 4 is 10.9 Å². The summed E-state index contributed by atoms with van der Waals surface area (Å²) >= 11 is 0. The monoisotopic (exact) mass is 278 g/mol. The standard InChI is InChI=1S/C19H22N2/c1-14-4-3-5-17(10-14)13-21-9-8-18-12-16(11-15(2)20)6-7-19(18)21/h3-10,12,15H,11,13,20H2,1-2H3. The second-order valence-electron chi connectivity index (χ2n) is 6.01. The Labute approximate surface area is 126 Å². The highest BCUT2D eigenvalue weighted by Gasteiger charge is 2.04. The minimum absolute atomic E-state index is 0.205. The van der Waals surface area contributed by atoms with E-state index < -0.39 is 0 Å². The number of rotatable bonds is 4. The zero-order valence-corrected chi connectivity index (χ0v) is 12.7. The first-order valence-electron chi connectivity index (χ1n) is 7.51. The molecule has 21 heavy (non-hydrogen) atoms. The van der Waals surface area contributed by atoms with E-state index in [0.29, 0.717) is 0 Å². The van der Waals surface area contributed by atoms with Crippen molar-refractivity contribution in [1.82, 2.24) is 4.57 Å².